The number of fused-ring (bicyclic) bond motifs is 1. The summed E-state index contributed by atoms with van der Waals surface area (Å²) in [6, 6.07) is 12.4. The molecule has 3 rings (SSSR count). The van der Waals surface area contributed by atoms with Crippen molar-refractivity contribution in [2.45, 2.75) is 65.6 Å². The molecule has 1 aromatic heterocycles. The number of carbonyl (C=O) groups is 1. The predicted octanol–water partition coefficient (Wildman–Crippen LogP) is 5.99. The van der Waals surface area contributed by atoms with Gasteiger partial charge in [-0.05, 0) is 55.5 Å². The van der Waals surface area contributed by atoms with Crippen LogP contribution in [0.15, 0.2) is 57.9 Å². The van der Waals surface area contributed by atoms with Crippen LogP contribution in [0.4, 0.5) is 0 Å². The summed E-state index contributed by atoms with van der Waals surface area (Å²) in [5.41, 5.74) is 1.25. The summed E-state index contributed by atoms with van der Waals surface area (Å²) in [7, 11) is 0. The maximum atomic E-state index is 12.9. The zero-order valence-corrected chi connectivity index (χ0v) is 19.4. The number of esters is 1. The Morgan fingerprint density at radius 2 is 1.69 bits per heavy atom. The number of ether oxygens (including phenoxy) is 3. The molecular weight excluding hydrogens is 408 g/mol. The molecule has 32 heavy (non-hydrogen) atoms. The minimum Gasteiger partial charge on any atom is -0.479 e. The quantitative estimate of drug-likeness (QED) is 0.422. The van der Waals surface area contributed by atoms with Gasteiger partial charge in [0.25, 0.3) is 0 Å². The summed E-state index contributed by atoms with van der Waals surface area (Å²) in [5.74, 6) is 0.612. The van der Waals surface area contributed by atoms with E-state index < -0.39 is 12.1 Å². The van der Waals surface area contributed by atoms with Crippen LogP contribution in [0.5, 0.6) is 17.2 Å². The molecule has 1 heterocycles. The van der Waals surface area contributed by atoms with Crippen molar-refractivity contribution in [1.82, 2.24) is 0 Å². The SMILES string of the molecule is CCC(C)OC(=O)C(C)Oc1ccc2c(=O)c(Oc3ccc(C(C)(C)C)cc3)coc2c1. The fourth-order valence-electron chi connectivity index (χ4n) is 3.01. The number of rotatable bonds is 7. The van der Waals surface area contributed by atoms with Crippen LogP contribution in [0.2, 0.25) is 0 Å². The molecule has 6 nitrogen and oxygen atoms in total. The van der Waals surface area contributed by atoms with Gasteiger partial charge < -0.3 is 18.6 Å². The van der Waals surface area contributed by atoms with Gasteiger partial charge in [0.05, 0.1) is 11.5 Å². The van der Waals surface area contributed by atoms with E-state index in [1.54, 1.807) is 25.1 Å². The third kappa shape index (κ3) is 5.49. The van der Waals surface area contributed by atoms with Crippen LogP contribution in [0.25, 0.3) is 11.0 Å². The molecule has 0 N–H and O–H groups in total. The monoisotopic (exact) mass is 438 g/mol. The van der Waals surface area contributed by atoms with Crippen LogP contribution in [0.3, 0.4) is 0 Å². The Balaban J connectivity index is 1.76. The first-order valence-corrected chi connectivity index (χ1v) is 10.8. The average Bonchev–Trinajstić information content (AvgIpc) is 2.75. The highest BCUT2D eigenvalue weighted by Gasteiger charge is 2.19. The number of carbonyl (C=O) groups excluding carboxylic acids is 1. The van der Waals surface area contributed by atoms with Gasteiger partial charge in [-0.1, -0.05) is 39.8 Å². The standard InChI is InChI=1S/C26H30O6/c1-7-16(2)30-25(28)17(3)31-20-12-13-21-22(14-20)29-15-23(24(21)27)32-19-10-8-18(9-11-19)26(4,5)6/h8-17H,7H2,1-6H3. The van der Waals surface area contributed by atoms with Crippen molar-refractivity contribution in [3.8, 4) is 17.2 Å². The molecule has 0 saturated heterocycles. The summed E-state index contributed by atoms with van der Waals surface area (Å²) in [4.78, 5) is 24.9. The zero-order valence-electron chi connectivity index (χ0n) is 19.4. The van der Waals surface area contributed by atoms with Crippen molar-refractivity contribution in [3.63, 3.8) is 0 Å². The van der Waals surface area contributed by atoms with Crippen LogP contribution < -0.4 is 14.9 Å². The molecule has 170 valence electrons. The van der Waals surface area contributed by atoms with Crippen molar-refractivity contribution >= 4 is 16.9 Å². The third-order valence-corrected chi connectivity index (χ3v) is 5.20. The largest absolute Gasteiger partial charge is 0.479 e. The first-order chi connectivity index (χ1) is 15.1. The molecule has 0 radical (unpaired) electrons. The summed E-state index contributed by atoms with van der Waals surface area (Å²) < 4.78 is 22.3. The Kier molecular flexibility index (Phi) is 6.92. The minimum atomic E-state index is -0.785. The Bertz CT molecular complexity index is 1140. The molecule has 2 atom stereocenters. The van der Waals surface area contributed by atoms with Gasteiger partial charge >= 0.3 is 5.97 Å². The van der Waals surface area contributed by atoms with E-state index in [1.165, 1.54) is 11.8 Å². The summed E-state index contributed by atoms with van der Waals surface area (Å²) in [6.07, 6.45) is 1.05. The van der Waals surface area contributed by atoms with Crippen molar-refractivity contribution in [2.24, 2.45) is 0 Å². The highest BCUT2D eigenvalue weighted by Crippen LogP contribution is 2.27. The van der Waals surface area contributed by atoms with E-state index in [0.717, 1.165) is 6.42 Å². The van der Waals surface area contributed by atoms with Gasteiger partial charge in [-0.3, -0.25) is 4.79 Å². The highest BCUT2D eigenvalue weighted by molar-refractivity contribution is 5.79. The van der Waals surface area contributed by atoms with Crippen LogP contribution in [-0.4, -0.2) is 18.2 Å². The first kappa shape index (κ1) is 23.4. The second-order valence-electron chi connectivity index (χ2n) is 8.88. The van der Waals surface area contributed by atoms with Gasteiger partial charge in [0.15, 0.2) is 6.10 Å². The molecule has 0 fully saturated rings. The molecule has 0 bridgehead atoms. The van der Waals surface area contributed by atoms with Crippen molar-refractivity contribution in [3.05, 3.63) is 64.5 Å². The molecule has 2 aromatic carbocycles. The predicted molar refractivity (Wildman–Crippen MR) is 124 cm³/mol. The summed E-state index contributed by atoms with van der Waals surface area (Å²) in [6.45, 7) is 11.8. The summed E-state index contributed by atoms with van der Waals surface area (Å²) in [5, 5.41) is 0.357. The van der Waals surface area contributed by atoms with E-state index in [-0.39, 0.29) is 22.7 Å². The molecule has 0 aliphatic rings. The van der Waals surface area contributed by atoms with Gasteiger partial charge in [0, 0.05) is 6.07 Å². The van der Waals surface area contributed by atoms with Crippen LogP contribution >= 0.6 is 0 Å². The first-order valence-electron chi connectivity index (χ1n) is 10.8. The third-order valence-electron chi connectivity index (χ3n) is 5.20. The molecule has 0 saturated carbocycles. The molecule has 0 amide bonds. The Morgan fingerprint density at radius 3 is 2.31 bits per heavy atom. The molecule has 3 aromatic rings. The second-order valence-corrected chi connectivity index (χ2v) is 8.88. The fourth-order valence-corrected chi connectivity index (χ4v) is 3.01. The minimum absolute atomic E-state index is 0.0305. The smallest absolute Gasteiger partial charge is 0.347 e. The zero-order chi connectivity index (χ0) is 23.5. The van der Waals surface area contributed by atoms with E-state index in [4.69, 9.17) is 18.6 Å². The Labute approximate surface area is 188 Å². The van der Waals surface area contributed by atoms with E-state index in [9.17, 15) is 9.59 Å². The molecular formula is C26H30O6. The van der Waals surface area contributed by atoms with Crippen LogP contribution in [-0.2, 0) is 14.9 Å². The van der Waals surface area contributed by atoms with E-state index in [1.807, 2.05) is 38.1 Å². The van der Waals surface area contributed by atoms with Gasteiger partial charge in [-0.2, -0.15) is 0 Å². The topological polar surface area (TPSA) is 75.0 Å². The lowest BCUT2D eigenvalue weighted by atomic mass is 9.87. The Hall–Kier alpha value is -3.28. The molecule has 2 unspecified atom stereocenters. The van der Waals surface area contributed by atoms with Gasteiger partial charge in [0.2, 0.25) is 11.2 Å². The molecule has 0 aliphatic carbocycles. The van der Waals surface area contributed by atoms with E-state index >= 15 is 0 Å². The van der Waals surface area contributed by atoms with Crippen molar-refractivity contribution in [1.29, 1.82) is 0 Å². The second kappa shape index (κ2) is 9.47. The van der Waals surface area contributed by atoms with E-state index in [2.05, 4.69) is 20.8 Å². The number of hydrogen-bond acceptors (Lipinski definition) is 6. The fraction of sp³-hybridized carbons (Fsp3) is 0.385. The van der Waals surface area contributed by atoms with Crippen LogP contribution in [0, 0.1) is 0 Å². The number of benzene rings is 2. The normalized spacial score (nSPS) is 13.4. The van der Waals surface area contributed by atoms with Crippen molar-refractivity contribution in [2.75, 3.05) is 0 Å². The van der Waals surface area contributed by atoms with Crippen LogP contribution in [0.1, 0.15) is 53.5 Å². The molecule has 0 spiro atoms. The van der Waals surface area contributed by atoms with Crippen molar-refractivity contribution < 1.29 is 23.4 Å². The molecule has 6 heteroatoms. The van der Waals surface area contributed by atoms with E-state index in [0.29, 0.717) is 22.5 Å². The lowest BCUT2D eigenvalue weighted by Gasteiger charge is -2.19. The van der Waals surface area contributed by atoms with Gasteiger partial charge in [0.1, 0.15) is 23.3 Å². The van der Waals surface area contributed by atoms with Gasteiger partial charge in [-0.15, -0.1) is 0 Å². The lowest BCUT2D eigenvalue weighted by molar-refractivity contribution is -0.155. The Morgan fingerprint density at radius 1 is 1.03 bits per heavy atom. The molecule has 0 aliphatic heterocycles. The highest BCUT2D eigenvalue weighted by atomic mass is 16.6. The summed E-state index contributed by atoms with van der Waals surface area (Å²) >= 11 is 0. The average molecular weight is 439 g/mol. The maximum absolute atomic E-state index is 12.9. The van der Waals surface area contributed by atoms with Gasteiger partial charge in [-0.25, -0.2) is 4.79 Å². The number of hydrogen-bond donors (Lipinski definition) is 0. The maximum Gasteiger partial charge on any atom is 0.347 e. The lowest BCUT2D eigenvalue weighted by Crippen LogP contribution is -2.29.